The molecule has 1 saturated heterocycles. The zero-order valence-electron chi connectivity index (χ0n) is 39.8. The van der Waals surface area contributed by atoms with E-state index >= 15 is 0 Å². The molecule has 2 unspecified atom stereocenters. The van der Waals surface area contributed by atoms with Crippen molar-refractivity contribution in [3.63, 3.8) is 0 Å². The lowest BCUT2D eigenvalue weighted by Crippen LogP contribution is -2.60. The minimum Gasteiger partial charge on any atom is -0.394 e. The number of amides is 1. The van der Waals surface area contributed by atoms with Crippen molar-refractivity contribution in [1.82, 2.24) is 5.32 Å². The summed E-state index contributed by atoms with van der Waals surface area (Å²) < 4.78 is 11.2. The largest absolute Gasteiger partial charge is 0.394 e. The van der Waals surface area contributed by atoms with Crippen LogP contribution in [0, 0.1) is 0 Å². The van der Waals surface area contributed by atoms with Gasteiger partial charge in [0.25, 0.3) is 0 Å². The van der Waals surface area contributed by atoms with Crippen molar-refractivity contribution in [3.05, 3.63) is 0 Å². The van der Waals surface area contributed by atoms with E-state index in [2.05, 4.69) is 19.2 Å². The molecule has 61 heavy (non-hydrogen) atoms. The van der Waals surface area contributed by atoms with Crippen molar-refractivity contribution in [3.8, 4) is 0 Å². The van der Waals surface area contributed by atoms with E-state index < -0.39 is 55.6 Å². The van der Waals surface area contributed by atoms with E-state index in [0.717, 1.165) is 38.5 Å². The van der Waals surface area contributed by atoms with Crippen LogP contribution >= 0.6 is 0 Å². The third-order valence-electron chi connectivity index (χ3n) is 13.1. The molecular weight excluding hydrogens is 771 g/mol. The SMILES string of the molecule is CCCCCCCCCCCCCCCCCCCCCCCC(=O)N[C@@H](CO[C@@H]1O[C@H](CO)[C@H](O)C(O)C1O)[C@H](O)[C@H](O)CCCCCCCCCCCCCCCCC. The number of aliphatic hydroxyl groups excluding tert-OH is 6. The fourth-order valence-corrected chi connectivity index (χ4v) is 8.79. The first-order chi connectivity index (χ1) is 29.8. The van der Waals surface area contributed by atoms with E-state index in [0.29, 0.717) is 6.42 Å². The highest BCUT2D eigenvalue weighted by Crippen LogP contribution is 2.23. The van der Waals surface area contributed by atoms with Crippen LogP contribution in [0.25, 0.3) is 0 Å². The predicted octanol–water partition coefficient (Wildman–Crippen LogP) is 10.9. The molecule has 364 valence electrons. The molecule has 0 aromatic carbocycles. The molecule has 0 aliphatic carbocycles. The molecule has 0 radical (unpaired) electrons. The summed E-state index contributed by atoms with van der Waals surface area (Å²) in [5.41, 5.74) is 0. The lowest BCUT2D eigenvalue weighted by Gasteiger charge is -2.40. The topological polar surface area (TPSA) is 169 Å². The highest BCUT2D eigenvalue weighted by Gasteiger charge is 2.44. The molecule has 1 heterocycles. The van der Waals surface area contributed by atoms with Crippen molar-refractivity contribution >= 4 is 5.91 Å². The van der Waals surface area contributed by atoms with Gasteiger partial charge < -0.3 is 45.4 Å². The van der Waals surface area contributed by atoms with Gasteiger partial charge in [0, 0.05) is 6.42 Å². The van der Waals surface area contributed by atoms with Crippen LogP contribution in [0.1, 0.15) is 258 Å². The summed E-state index contributed by atoms with van der Waals surface area (Å²) in [4.78, 5) is 13.1. The average Bonchev–Trinajstić information content (AvgIpc) is 3.26. The van der Waals surface area contributed by atoms with Crippen LogP contribution in [0.15, 0.2) is 0 Å². The Morgan fingerprint density at radius 3 is 1.21 bits per heavy atom. The van der Waals surface area contributed by atoms with Crippen molar-refractivity contribution < 1.29 is 44.9 Å². The van der Waals surface area contributed by atoms with Gasteiger partial charge >= 0.3 is 0 Å². The first-order valence-corrected chi connectivity index (χ1v) is 26.3. The van der Waals surface area contributed by atoms with Crippen LogP contribution in [0.4, 0.5) is 0 Å². The van der Waals surface area contributed by atoms with Crippen LogP contribution in [-0.4, -0.2) is 98.7 Å². The number of ether oxygens (including phenoxy) is 2. The smallest absolute Gasteiger partial charge is 0.220 e. The molecule has 0 spiro atoms. The zero-order chi connectivity index (χ0) is 44.6. The van der Waals surface area contributed by atoms with Crippen molar-refractivity contribution in [1.29, 1.82) is 0 Å². The van der Waals surface area contributed by atoms with Gasteiger partial charge in [0.2, 0.25) is 5.91 Å². The molecule has 0 aromatic rings. The predicted molar refractivity (Wildman–Crippen MR) is 250 cm³/mol. The summed E-state index contributed by atoms with van der Waals surface area (Å²) in [6, 6.07) is -0.985. The second kappa shape index (κ2) is 41.8. The summed E-state index contributed by atoms with van der Waals surface area (Å²) in [6.45, 7) is 3.64. The fourth-order valence-electron chi connectivity index (χ4n) is 8.79. The number of carbonyl (C=O) groups is 1. The van der Waals surface area contributed by atoms with Crippen molar-refractivity contribution in [2.45, 2.75) is 307 Å². The highest BCUT2D eigenvalue weighted by molar-refractivity contribution is 5.76. The third-order valence-corrected chi connectivity index (χ3v) is 13.1. The Morgan fingerprint density at radius 2 is 0.852 bits per heavy atom. The van der Waals surface area contributed by atoms with Crippen molar-refractivity contribution in [2.24, 2.45) is 0 Å². The molecule has 1 aliphatic heterocycles. The normalized spacial score (nSPS) is 20.8. The number of carbonyl (C=O) groups excluding carboxylic acids is 1. The van der Waals surface area contributed by atoms with Gasteiger partial charge in [-0.3, -0.25) is 4.79 Å². The van der Waals surface area contributed by atoms with Gasteiger partial charge in [-0.2, -0.15) is 0 Å². The second-order valence-electron chi connectivity index (χ2n) is 18.8. The minimum absolute atomic E-state index is 0.251. The summed E-state index contributed by atoms with van der Waals surface area (Å²) in [5.74, 6) is -0.251. The van der Waals surface area contributed by atoms with Crippen LogP contribution in [0.5, 0.6) is 0 Å². The highest BCUT2D eigenvalue weighted by atomic mass is 16.7. The van der Waals surface area contributed by atoms with Gasteiger partial charge in [-0.1, -0.05) is 239 Å². The first-order valence-electron chi connectivity index (χ1n) is 26.3. The number of hydrogen-bond donors (Lipinski definition) is 7. The second-order valence-corrected chi connectivity index (χ2v) is 18.8. The Bertz CT molecular complexity index is 942. The lowest BCUT2D eigenvalue weighted by atomic mass is 9.98. The number of unbranched alkanes of at least 4 members (excludes halogenated alkanes) is 34. The number of rotatable bonds is 45. The maximum atomic E-state index is 13.1. The Kier molecular flexibility index (Phi) is 39.9. The molecule has 0 aromatic heterocycles. The molecule has 8 atom stereocenters. The van der Waals surface area contributed by atoms with E-state index in [1.165, 1.54) is 193 Å². The molecule has 1 rings (SSSR count). The monoisotopic (exact) mass is 872 g/mol. The maximum absolute atomic E-state index is 13.1. The molecule has 1 aliphatic rings. The van der Waals surface area contributed by atoms with Crippen LogP contribution in [0.3, 0.4) is 0 Å². The van der Waals surface area contributed by atoms with E-state index in [1.807, 2.05) is 0 Å². The minimum atomic E-state index is -1.60. The molecule has 1 fully saturated rings. The van der Waals surface area contributed by atoms with Crippen LogP contribution in [0.2, 0.25) is 0 Å². The summed E-state index contributed by atoms with van der Waals surface area (Å²) in [7, 11) is 0. The molecule has 10 heteroatoms. The molecular formula is C51H101NO9. The Morgan fingerprint density at radius 1 is 0.508 bits per heavy atom. The Hall–Kier alpha value is -0.850. The van der Waals surface area contributed by atoms with Gasteiger partial charge in [-0.05, 0) is 12.8 Å². The number of hydrogen-bond acceptors (Lipinski definition) is 9. The molecule has 7 N–H and O–H groups in total. The van der Waals surface area contributed by atoms with Crippen LogP contribution in [-0.2, 0) is 14.3 Å². The van der Waals surface area contributed by atoms with Gasteiger partial charge in [0.05, 0.1) is 25.4 Å². The van der Waals surface area contributed by atoms with E-state index in [1.54, 1.807) is 0 Å². The third kappa shape index (κ3) is 31.6. The molecule has 1 amide bonds. The van der Waals surface area contributed by atoms with E-state index in [-0.39, 0.29) is 18.9 Å². The van der Waals surface area contributed by atoms with E-state index in [4.69, 9.17) is 9.47 Å². The lowest BCUT2D eigenvalue weighted by molar-refractivity contribution is -0.303. The van der Waals surface area contributed by atoms with Crippen LogP contribution < -0.4 is 5.32 Å². The number of aliphatic hydroxyl groups is 6. The quantitative estimate of drug-likeness (QED) is 0.0295. The van der Waals surface area contributed by atoms with Gasteiger partial charge in [0.15, 0.2) is 6.29 Å². The molecule has 0 bridgehead atoms. The molecule has 0 saturated carbocycles. The standard InChI is InChI=1S/C51H101NO9/c1-3-5-7-9-11-13-15-17-19-20-21-22-23-24-26-28-30-32-34-36-38-40-46(55)52-43(42-60-51-50(59)49(58)48(57)45(41-53)61-51)47(56)44(54)39-37-35-33-31-29-27-25-18-16-14-12-10-8-6-4-2/h43-45,47-51,53-54,56-59H,3-42H2,1-2H3,(H,52,55)/t43-,44+,45+,47-,48-,49?,50?,51+/m0/s1. The summed E-state index contributed by atoms with van der Waals surface area (Å²) in [6.07, 6.45) is 36.8. The average molecular weight is 872 g/mol. The van der Waals surface area contributed by atoms with E-state index in [9.17, 15) is 35.4 Å². The van der Waals surface area contributed by atoms with Gasteiger partial charge in [0.1, 0.15) is 30.5 Å². The fraction of sp³-hybridized carbons (Fsp3) is 0.980. The molecule has 10 nitrogen and oxygen atoms in total. The Labute approximate surface area is 375 Å². The zero-order valence-corrected chi connectivity index (χ0v) is 39.8. The maximum Gasteiger partial charge on any atom is 0.220 e. The van der Waals surface area contributed by atoms with Gasteiger partial charge in [-0.25, -0.2) is 0 Å². The first kappa shape index (κ1) is 58.2. The summed E-state index contributed by atoms with van der Waals surface area (Å²) >= 11 is 0. The number of nitrogens with one attached hydrogen (secondary N) is 1. The van der Waals surface area contributed by atoms with Crippen molar-refractivity contribution in [2.75, 3.05) is 13.2 Å². The van der Waals surface area contributed by atoms with Gasteiger partial charge in [-0.15, -0.1) is 0 Å². The summed E-state index contributed by atoms with van der Waals surface area (Å²) in [5, 5.41) is 65.4. The Balaban J connectivity index is 2.29.